The topological polar surface area (TPSA) is 55.3 Å². The van der Waals surface area contributed by atoms with E-state index >= 15 is 0 Å². The molecule has 5 nitrogen and oxygen atoms in total. The SMILES string of the molecule is Cc1cc(CNCC2(NC(=O)OC(C)(C)C)CCC2)c(C)n1C. The molecule has 1 aliphatic carbocycles. The summed E-state index contributed by atoms with van der Waals surface area (Å²) in [6.07, 6.45) is 2.85. The van der Waals surface area contributed by atoms with Crippen molar-refractivity contribution in [1.82, 2.24) is 15.2 Å². The summed E-state index contributed by atoms with van der Waals surface area (Å²) in [5.41, 5.74) is 3.26. The fourth-order valence-corrected chi connectivity index (χ4v) is 3.02. The lowest BCUT2D eigenvalue weighted by Crippen LogP contribution is -2.59. The van der Waals surface area contributed by atoms with Crippen molar-refractivity contribution in [2.24, 2.45) is 7.05 Å². The Hall–Kier alpha value is -1.49. The highest BCUT2D eigenvalue weighted by Gasteiger charge is 2.39. The first-order chi connectivity index (χ1) is 10.6. The third kappa shape index (κ3) is 4.50. The van der Waals surface area contributed by atoms with Gasteiger partial charge in [-0.2, -0.15) is 0 Å². The van der Waals surface area contributed by atoms with Crippen molar-refractivity contribution in [3.63, 3.8) is 0 Å². The number of ether oxygens (including phenoxy) is 1. The number of alkyl carbamates (subject to hydrolysis) is 1. The van der Waals surface area contributed by atoms with Gasteiger partial charge in [-0.15, -0.1) is 0 Å². The molecule has 2 rings (SSSR count). The van der Waals surface area contributed by atoms with E-state index in [1.165, 1.54) is 17.0 Å². The summed E-state index contributed by atoms with van der Waals surface area (Å²) in [6, 6.07) is 2.22. The minimum absolute atomic E-state index is 0.153. The molecule has 1 heterocycles. The third-order valence-electron chi connectivity index (χ3n) is 4.74. The van der Waals surface area contributed by atoms with Gasteiger partial charge in [-0.1, -0.05) is 0 Å². The van der Waals surface area contributed by atoms with Crippen LogP contribution in [0.25, 0.3) is 0 Å². The first kappa shape index (κ1) is 17.9. The summed E-state index contributed by atoms with van der Waals surface area (Å²) in [5, 5.41) is 6.59. The van der Waals surface area contributed by atoms with E-state index in [1.807, 2.05) is 20.8 Å². The molecule has 0 bridgehead atoms. The Labute approximate surface area is 139 Å². The Morgan fingerprint density at radius 3 is 2.43 bits per heavy atom. The van der Waals surface area contributed by atoms with Crippen LogP contribution in [-0.2, 0) is 18.3 Å². The van der Waals surface area contributed by atoms with Crippen molar-refractivity contribution in [3.8, 4) is 0 Å². The molecule has 0 saturated heterocycles. The highest BCUT2D eigenvalue weighted by Crippen LogP contribution is 2.31. The maximum atomic E-state index is 12.0. The Balaban J connectivity index is 1.87. The minimum Gasteiger partial charge on any atom is -0.444 e. The fourth-order valence-electron chi connectivity index (χ4n) is 3.02. The molecule has 23 heavy (non-hydrogen) atoms. The standard InChI is InChI=1S/C18H31N3O2/c1-13-10-15(14(2)21(13)6)11-19-12-18(8-7-9-18)20-16(22)23-17(3,4)5/h10,19H,7-9,11-12H2,1-6H3,(H,20,22). The second kappa shape index (κ2) is 6.56. The lowest BCUT2D eigenvalue weighted by atomic mass is 9.76. The summed E-state index contributed by atoms with van der Waals surface area (Å²) in [4.78, 5) is 12.0. The Morgan fingerprint density at radius 2 is 2.00 bits per heavy atom. The van der Waals surface area contributed by atoms with E-state index in [0.29, 0.717) is 0 Å². The van der Waals surface area contributed by atoms with Gasteiger partial charge in [0.15, 0.2) is 0 Å². The molecule has 1 amide bonds. The van der Waals surface area contributed by atoms with E-state index in [2.05, 4.69) is 42.2 Å². The van der Waals surface area contributed by atoms with Gasteiger partial charge in [-0.05, 0) is 65.5 Å². The second-order valence-electron chi connectivity index (χ2n) is 7.82. The van der Waals surface area contributed by atoms with Gasteiger partial charge in [-0.3, -0.25) is 0 Å². The van der Waals surface area contributed by atoms with Crippen LogP contribution in [0.15, 0.2) is 6.07 Å². The predicted octanol–water partition coefficient (Wildman–Crippen LogP) is 3.18. The van der Waals surface area contributed by atoms with Crippen LogP contribution in [0, 0.1) is 13.8 Å². The van der Waals surface area contributed by atoms with Crippen molar-refractivity contribution >= 4 is 6.09 Å². The number of rotatable bonds is 5. The van der Waals surface area contributed by atoms with Gasteiger partial charge in [0, 0.05) is 31.5 Å². The van der Waals surface area contributed by atoms with Gasteiger partial charge in [-0.25, -0.2) is 4.79 Å². The van der Waals surface area contributed by atoms with Gasteiger partial charge in [0.05, 0.1) is 5.54 Å². The van der Waals surface area contributed by atoms with Gasteiger partial charge >= 0.3 is 6.09 Å². The first-order valence-electron chi connectivity index (χ1n) is 8.46. The maximum Gasteiger partial charge on any atom is 0.408 e. The normalized spacial score (nSPS) is 16.8. The number of aryl methyl sites for hydroxylation is 1. The first-order valence-corrected chi connectivity index (χ1v) is 8.46. The summed E-state index contributed by atoms with van der Waals surface area (Å²) >= 11 is 0. The second-order valence-corrected chi connectivity index (χ2v) is 7.82. The molecule has 0 aliphatic heterocycles. The van der Waals surface area contributed by atoms with Crippen LogP contribution in [0.2, 0.25) is 0 Å². The van der Waals surface area contributed by atoms with Crippen LogP contribution in [-0.4, -0.2) is 28.3 Å². The van der Waals surface area contributed by atoms with Crippen molar-refractivity contribution in [3.05, 3.63) is 23.0 Å². The maximum absolute atomic E-state index is 12.0. The van der Waals surface area contributed by atoms with E-state index in [9.17, 15) is 4.79 Å². The molecule has 1 aliphatic rings. The fraction of sp³-hybridized carbons (Fsp3) is 0.722. The lowest BCUT2D eigenvalue weighted by molar-refractivity contribution is 0.0382. The van der Waals surface area contributed by atoms with E-state index < -0.39 is 5.60 Å². The molecule has 0 aromatic carbocycles. The molecule has 1 saturated carbocycles. The van der Waals surface area contributed by atoms with E-state index in [4.69, 9.17) is 4.74 Å². The van der Waals surface area contributed by atoms with Gasteiger partial charge in [0.1, 0.15) is 5.60 Å². The van der Waals surface area contributed by atoms with Crippen LogP contribution in [0.3, 0.4) is 0 Å². The highest BCUT2D eigenvalue weighted by molar-refractivity contribution is 5.69. The van der Waals surface area contributed by atoms with Crippen LogP contribution in [0.5, 0.6) is 0 Å². The molecule has 130 valence electrons. The zero-order chi connectivity index (χ0) is 17.3. The number of hydrogen-bond acceptors (Lipinski definition) is 3. The average molecular weight is 321 g/mol. The van der Waals surface area contributed by atoms with Crippen LogP contribution >= 0.6 is 0 Å². The van der Waals surface area contributed by atoms with Crippen molar-refractivity contribution < 1.29 is 9.53 Å². The molecule has 5 heteroatoms. The van der Waals surface area contributed by atoms with Crippen molar-refractivity contribution in [1.29, 1.82) is 0 Å². The lowest BCUT2D eigenvalue weighted by Gasteiger charge is -2.42. The molecular formula is C18H31N3O2. The van der Waals surface area contributed by atoms with E-state index in [-0.39, 0.29) is 11.6 Å². The van der Waals surface area contributed by atoms with E-state index in [0.717, 1.165) is 32.4 Å². The smallest absolute Gasteiger partial charge is 0.408 e. The summed E-state index contributed by atoms with van der Waals surface area (Å²) < 4.78 is 7.59. The molecule has 1 aromatic rings. The third-order valence-corrected chi connectivity index (χ3v) is 4.74. The quantitative estimate of drug-likeness (QED) is 0.876. The van der Waals surface area contributed by atoms with Gasteiger partial charge in [0.2, 0.25) is 0 Å². The number of amides is 1. The van der Waals surface area contributed by atoms with Gasteiger partial charge < -0.3 is 19.9 Å². The number of nitrogens with one attached hydrogen (secondary N) is 2. The molecule has 0 unspecified atom stereocenters. The molecule has 1 aromatic heterocycles. The number of carbonyl (C=O) groups excluding carboxylic acids is 1. The van der Waals surface area contributed by atoms with Crippen molar-refractivity contribution in [2.45, 2.75) is 71.6 Å². The Bertz CT molecular complexity index is 566. The number of nitrogens with zero attached hydrogens (tertiary/aromatic N) is 1. The van der Waals surface area contributed by atoms with Crippen LogP contribution in [0.4, 0.5) is 4.79 Å². The van der Waals surface area contributed by atoms with Crippen molar-refractivity contribution in [2.75, 3.05) is 6.54 Å². The molecule has 1 fully saturated rings. The molecule has 0 atom stereocenters. The van der Waals surface area contributed by atoms with Crippen LogP contribution in [0.1, 0.15) is 57.0 Å². The molecule has 2 N–H and O–H groups in total. The summed E-state index contributed by atoms with van der Waals surface area (Å²) in [5.74, 6) is 0. The number of hydrogen-bond donors (Lipinski definition) is 2. The number of aromatic nitrogens is 1. The summed E-state index contributed by atoms with van der Waals surface area (Å²) in [6.45, 7) is 11.5. The van der Waals surface area contributed by atoms with Gasteiger partial charge in [0.25, 0.3) is 0 Å². The average Bonchev–Trinajstić information content (AvgIpc) is 2.61. The number of carbonyl (C=O) groups is 1. The zero-order valence-electron chi connectivity index (χ0n) is 15.4. The highest BCUT2D eigenvalue weighted by atomic mass is 16.6. The zero-order valence-corrected chi connectivity index (χ0v) is 15.4. The molecule has 0 radical (unpaired) electrons. The summed E-state index contributed by atoms with van der Waals surface area (Å²) in [7, 11) is 2.09. The Morgan fingerprint density at radius 1 is 1.35 bits per heavy atom. The largest absolute Gasteiger partial charge is 0.444 e. The van der Waals surface area contributed by atoms with E-state index in [1.54, 1.807) is 0 Å². The molecule has 0 spiro atoms. The Kier molecular flexibility index (Phi) is 5.09. The minimum atomic E-state index is -0.457. The monoisotopic (exact) mass is 321 g/mol. The predicted molar refractivity (Wildman–Crippen MR) is 92.5 cm³/mol. The molecular weight excluding hydrogens is 290 g/mol. The van der Waals surface area contributed by atoms with Crippen LogP contribution < -0.4 is 10.6 Å².